The van der Waals surface area contributed by atoms with Gasteiger partial charge in [-0.25, -0.2) is 0 Å². The van der Waals surface area contributed by atoms with Crippen LogP contribution >= 0.6 is 11.2 Å². The molecular weight excluding hydrogens is 716 g/mol. The Labute approximate surface area is 346 Å². The van der Waals surface area contributed by atoms with Gasteiger partial charge in [-0.3, -0.25) is 0 Å². The Morgan fingerprint density at radius 2 is 1.23 bits per heavy atom. The number of para-hydroxylation sites is 3. The molecule has 0 bridgehead atoms. The van der Waals surface area contributed by atoms with Crippen LogP contribution in [-0.4, -0.2) is 14.1 Å². The molecule has 0 radical (unpaired) electrons. The first-order chi connectivity index (χ1) is 29.4. The lowest BCUT2D eigenvalue weighted by atomic mass is 9.55. The Kier molecular flexibility index (Phi) is 7.36. The average molecular weight is 769 g/mol. The highest BCUT2D eigenvalue weighted by Crippen LogP contribution is 2.52. The van der Waals surface area contributed by atoms with Gasteiger partial charge in [0, 0.05) is 35.2 Å². The Morgan fingerprint density at radius 3 is 1.98 bits per heavy atom. The summed E-state index contributed by atoms with van der Waals surface area (Å²) in [4.78, 5) is 1.17. The Morgan fingerprint density at radius 1 is 0.607 bits per heavy atom. The second-order valence-electron chi connectivity index (χ2n) is 15.8. The smallest absolute Gasteiger partial charge is 0.427 e. The monoisotopic (exact) mass is 768 g/mol. The highest BCUT2D eigenvalue weighted by molar-refractivity contribution is 8.30. The molecule has 0 amide bonds. The zero-order chi connectivity index (χ0) is 43.9. The van der Waals surface area contributed by atoms with E-state index in [1.54, 1.807) is 25.1 Å². The molecule has 2 heterocycles. The number of benzene rings is 7. The first-order valence-electron chi connectivity index (χ1n) is 22.2. The van der Waals surface area contributed by atoms with Crippen LogP contribution in [0.3, 0.4) is 0 Å². The van der Waals surface area contributed by atoms with Gasteiger partial charge in [0.1, 0.15) is 11.5 Å². The van der Waals surface area contributed by atoms with Gasteiger partial charge in [0.05, 0.1) is 5.75 Å². The summed E-state index contributed by atoms with van der Waals surface area (Å²) in [5, 5.41) is 1.25. The summed E-state index contributed by atoms with van der Waals surface area (Å²) in [6.07, 6.45) is 0. The Hall–Kier alpha value is -5.23. The summed E-state index contributed by atoms with van der Waals surface area (Å²) >= 11 is 1.96. The highest BCUT2D eigenvalue weighted by atomic mass is 32.4. The minimum Gasteiger partial charge on any atom is -0.551 e. The SMILES string of the molecule is [2H]C([2H])([2H])c1c(-c2ccc(C)c(-c3cccc4c3S[Si](C)(C)c3ccccc3OB4c3ccccc3)c2C)ccc(C)c1-c1cccc2c1Oc1ccccc1C2(C)C([2H])([2H])[2H]. The molecule has 2 aliphatic rings. The zero-order valence-electron chi connectivity index (χ0n) is 38.6. The molecule has 7 aromatic rings. The number of hydrogen-bond donors (Lipinski definition) is 0. The summed E-state index contributed by atoms with van der Waals surface area (Å²) in [5.74, 6) is 1.72. The van der Waals surface area contributed by atoms with Crippen molar-refractivity contribution in [3.8, 4) is 50.6 Å². The molecule has 2 nitrogen and oxygen atoms in total. The minimum atomic E-state index is -2.56. The van der Waals surface area contributed by atoms with Crippen molar-refractivity contribution in [2.75, 3.05) is 0 Å². The van der Waals surface area contributed by atoms with Gasteiger partial charge in [0.2, 0.25) is 0 Å². The fourth-order valence-corrected chi connectivity index (χ4v) is 14.3. The summed E-state index contributed by atoms with van der Waals surface area (Å²) < 4.78 is 67.6. The van der Waals surface area contributed by atoms with E-state index in [1.807, 2.05) is 72.7 Å². The standard InChI is InChI=1S/C51H47BO2SSi/c1-32-28-30-37(34(3)47(32)39-20-16-23-42-49(39)53-44-25-13-12-22-41(44)51(42,5)6)38-31-29-33(2)48(35(38)4)40-21-17-24-43-50(40)55-56(7,8)46-27-15-14-26-45(46)54-52(43)36-18-10-9-11-19-36/h9-31H,1-8H3/i3D3,5D3. The second-order valence-corrected chi connectivity index (χ2v) is 23.6. The van der Waals surface area contributed by atoms with Crippen LogP contribution in [0.5, 0.6) is 17.2 Å². The highest BCUT2D eigenvalue weighted by Gasteiger charge is 2.39. The van der Waals surface area contributed by atoms with Crippen LogP contribution in [0.2, 0.25) is 13.1 Å². The molecular formula is C51H47BO2SSi. The third kappa shape index (κ3) is 5.86. The molecule has 276 valence electrons. The van der Waals surface area contributed by atoms with E-state index < -0.39 is 26.3 Å². The molecule has 0 aliphatic carbocycles. The molecule has 5 heteroatoms. The van der Waals surface area contributed by atoms with E-state index in [-0.39, 0.29) is 12.5 Å². The fourth-order valence-electron chi connectivity index (χ4n) is 8.81. The van der Waals surface area contributed by atoms with Crippen LogP contribution in [0.15, 0.2) is 144 Å². The number of ether oxygens (including phenoxy) is 1. The van der Waals surface area contributed by atoms with E-state index in [2.05, 4.69) is 93.7 Å². The largest absolute Gasteiger partial charge is 0.551 e. The molecule has 0 N–H and O–H groups in total. The van der Waals surface area contributed by atoms with Gasteiger partial charge in [0.15, 0.2) is 7.22 Å². The van der Waals surface area contributed by atoms with Crippen molar-refractivity contribution in [1.29, 1.82) is 0 Å². The summed E-state index contributed by atoms with van der Waals surface area (Å²) in [6, 6.07) is 46.1. The van der Waals surface area contributed by atoms with Crippen LogP contribution in [0.1, 0.15) is 55.4 Å². The fraction of sp³-hybridized carbons (Fsp3) is 0.176. The molecule has 9 rings (SSSR count). The van der Waals surface area contributed by atoms with E-state index in [4.69, 9.17) is 13.5 Å². The third-order valence-corrected chi connectivity index (χ3v) is 17.4. The normalized spacial score (nSPS) is 18.6. The number of aryl methyl sites for hydroxylation is 2. The van der Waals surface area contributed by atoms with Crippen molar-refractivity contribution in [2.24, 2.45) is 0 Å². The van der Waals surface area contributed by atoms with Crippen molar-refractivity contribution >= 4 is 41.5 Å². The lowest BCUT2D eigenvalue weighted by molar-refractivity contribution is 0.419. The van der Waals surface area contributed by atoms with Crippen LogP contribution in [-0.2, 0) is 5.41 Å². The zero-order valence-corrected chi connectivity index (χ0v) is 34.4. The topological polar surface area (TPSA) is 18.5 Å². The van der Waals surface area contributed by atoms with E-state index in [1.165, 1.54) is 10.1 Å². The first-order valence-corrected chi connectivity index (χ1v) is 23.7. The Bertz CT molecular complexity index is 2910. The molecule has 1 atom stereocenters. The molecule has 1 unspecified atom stereocenters. The van der Waals surface area contributed by atoms with Crippen molar-refractivity contribution in [2.45, 2.75) is 64.8 Å². The molecule has 0 spiro atoms. The number of rotatable bonds is 4. The minimum absolute atomic E-state index is 0.197. The van der Waals surface area contributed by atoms with Gasteiger partial charge >= 0.3 is 6.92 Å². The molecule has 56 heavy (non-hydrogen) atoms. The summed E-state index contributed by atoms with van der Waals surface area (Å²) in [7, 11) is -2.22. The van der Waals surface area contributed by atoms with Gasteiger partial charge in [0.25, 0.3) is 0 Å². The van der Waals surface area contributed by atoms with Crippen molar-refractivity contribution in [3.05, 3.63) is 173 Å². The lowest BCUT2D eigenvalue weighted by Gasteiger charge is -2.35. The molecule has 0 aromatic heterocycles. The maximum atomic E-state index is 9.18. The van der Waals surface area contributed by atoms with E-state index in [0.717, 1.165) is 50.1 Å². The summed E-state index contributed by atoms with van der Waals surface area (Å²) in [5.41, 5.74) is 9.42. The van der Waals surface area contributed by atoms with Crippen LogP contribution in [0, 0.1) is 27.6 Å². The Balaban J connectivity index is 1.27. The average Bonchev–Trinajstić information content (AvgIpc) is 3.23. The lowest BCUT2D eigenvalue weighted by Crippen LogP contribution is -2.53. The molecule has 2 aliphatic heterocycles. The van der Waals surface area contributed by atoms with Gasteiger partial charge in [-0.2, -0.15) is 0 Å². The predicted octanol–water partition coefficient (Wildman–Crippen LogP) is 12.1. The molecule has 0 fully saturated rings. The van der Waals surface area contributed by atoms with Crippen molar-refractivity contribution in [1.82, 2.24) is 0 Å². The van der Waals surface area contributed by atoms with Crippen LogP contribution in [0.4, 0.5) is 0 Å². The van der Waals surface area contributed by atoms with Crippen molar-refractivity contribution in [3.63, 3.8) is 0 Å². The summed E-state index contributed by atoms with van der Waals surface area (Å²) in [6.45, 7) is 7.28. The predicted molar refractivity (Wildman–Crippen MR) is 242 cm³/mol. The van der Waals surface area contributed by atoms with Gasteiger partial charge in [-0.15, -0.1) is 11.2 Å². The van der Waals surface area contributed by atoms with Crippen LogP contribution in [0.25, 0.3) is 33.4 Å². The van der Waals surface area contributed by atoms with Gasteiger partial charge in [-0.05, 0) is 106 Å². The molecule has 7 aromatic carbocycles. The third-order valence-electron chi connectivity index (χ3n) is 11.7. The number of fused-ring (bicyclic) bond motifs is 4. The van der Waals surface area contributed by atoms with E-state index >= 15 is 0 Å². The van der Waals surface area contributed by atoms with E-state index in [0.29, 0.717) is 39.3 Å². The van der Waals surface area contributed by atoms with Gasteiger partial charge < -0.3 is 9.39 Å². The van der Waals surface area contributed by atoms with Gasteiger partial charge in [-0.1, -0.05) is 154 Å². The molecule has 0 saturated heterocycles. The number of hydrogen-bond acceptors (Lipinski definition) is 3. The van der Waals surface area contributed by atoms with Crippen molar-refractivity contribution < 1.29 is 17.6 Å². The maximum absolute atomic E-state index is 9.18. The molecule has 0 saturated carbocycles. The van der Waals surface area contributed by atoms with Crippen LogP contribution < -0.4 is 25.5 Å². The maximum Gasteiger partial charge on any atom is 0.427 e. The quantitative estimate of drug-likeness (QED) is 0.166. The van der Waals surface area contributed by atoms with E-state index in [9.17, 15) is 4.11 Å². The first kappa shape index (κ1) is 30.0. The second kappa shape index (κ2) is 13.8.